The molecule has 3 heterocycles. The molecule has 0 radical (unpaired) electrons. The van der Waals surface area contributed by atoms with Crippen LogP contribution in [0.3, 0.4) is 0 Å². The Bertz CT molecular complexity index is 4740. The first kappa shape index (κ1) is 60.5. The highest BCUT2D eigenvalue weighted by atomic mass is 15.3. The molecule has 0 saturated carbocycles. The molecule has 95 heavy (non-hydrogen) atoms. The van der Waals surface area contributed by atoms with Crippen molar-refractivity contribution in [2.24, 2.45) is 0 Å². The predicted octanol–water partition coefficient (Wildman–Crippen LogP) is 26.1. The number of anilines is 21. The van der Waals surface area contributed by atoms with Gasteiger partial charge in [0.1, 0.15) is 0 Å². The standard InChI is InChI=1S/C88H83N7/c1-85(2,3)66-40-22-26-44-70(66)92(71-45-27-23-41-67(71)86(4,5)6)63-52-54-78-80(56-63)89(60-34-16-13-17-35-60)74-48-30-31-49-75(74)93(78)64-53-55-79-81(57-64)95-77-51-33-32-50-76(77)90(61-36-18-14-19-37-61)82-58-65(59-83(84(82)95)91(79)62-38-20-15-21-39-62)94(72-46-28-24-42-68(72)87(7,8)9)73-47-29-25-43-69(73)88(10,11)12/h13-59H,1-12H3. The van der Waals surface area contributed by atoms with E-state index in [2.05, 4.69) is 403 Å². The van der Waals surface area contributed by atoms with Crippen LogP contribution >= 0.6 is 0 Å². The molecule has 0 saturated heterocycles. The van der Waals surface area contributed by atoms with E-state index >= 15 is 0 Å². The quantitative estimate of drug-likeness (QED) is 0.134. The summed E-state index contributed by atoms with van der Waals surface area (Å²) < 4.78 is 0. The van der Waals surface area contributed by atoms with Gasteiger partial charge >= 0.3 is 0 Å². The summed E-state index contributed by atoms with van der Waals surface area (Å²) in [5.41, 5.74) is 27.2. The molecule has 0 unspecified atom stereocenters. The van der Waals surface area contributed by atoms with Gasteiger partial charge in [-0.3, -0.25) is 0 Å². The van der Waals surface area contributed by atoms with Gasteiger partial charge in [0.25, 0.3) is 0 Å². The van der Waals surface area contributed by atoms with Gasteiger partial charge in [-0.25, -0.2) is 0 Å². The maximum Gasteiger partial charge on any atom is 0.0949 e. The summed E-state index contributed by atoms with van der Waals surface area (Å²) in [7, 11) is 0. The Morgan fingerprint density at radius 3 is 0.832 bits per heavy atom. The van der Waals surface area contributed by atoms with E-state index in [1.165, 1.54) is 22.3 Å². The maximum atomic E-state index is 2.56. The zero-order valence-corrected chi connectivity index (χ0v) is 56.8. The molecule has 0 spiro atoms. The van der Waals surface area contributed by atoms with Crippen molar-refractivity contribution in [2.45, 2.75) is 105 Å². The Morgan fingerprint density at radius 1 is 0.200 bits per heavy atom. The lowest BCUT2D eigenvalue weighted by atomic mass is 9.83. The number of rotatable bonds is 10. The summed E-state index contributed by atoms with van der Waals surface area (Å²) in [4.78, 5) is 17.6. The lowest BCUT2D eigenvalue weighted by Crippen LogP contribution is -2.31. The number of hydrogen-bond acceptors (Lipinski definition) is 7. The van der Waals surface area contributed by atoms with Crippen molar-refractivity contribution in [3.05, 3.63) is 307 Å². The van der Waals surface area contributed by atoms with E-state index in [9.17, 15) is 0 Å². The third-order valence-corrected chi connectivity index (χ3v) is 19.0. The van der Waals surface area contributed by atoms with E-state index in [4.69, 9.17) is 0 Å². The fourth-order valence-corrected chi connectivity index (χ4v) is 14.8. The van der Waals surface area contributed by atoms with Gasteiger partial charge < -0.3 is 34.3 Å². The number of fused-ring (bicyclic) bond motifs is 6. The molecule has 0 atom stereocenters. The van der Waals surface area contributed by atoms with Crippen LogP contribution in [-0.4, -0.2) is 0 Å². The average molecular weight is 1240 g/mol. The molecule has 0 aliphatic carbocycles. The van der Waals surface area contributed by atoms with Gasteiger partial charge in [0.2, 0.25) is 0 Å². The van der Waals surface area contributed by atoms with Gasteiger partial charge in [0.05, 0.1) is 68.2 Å². The number of para-hydroxylation sites is 11. The van der Waals surface area contributed by atoms with Crippen LogP contribution in [0, 0.1) is 0 Å². The minimum Gasteiger partial charge on any atom is -0.310 e. The second-order valence-corrected chi connectivity index (χ2v) is 29.6. The highest BCUT2D eigenvalue weighted by Gasteiger charge is 2.43. The van der Waals surface area contributed by atoms with Crippen molar-refractivity contribution < 1.29 is 0 Å². The van der Waals surface area contributed by atoms with E-state index < -0.39 is 0 Å². The summed E-state index contributed by atoms with van der Waals surface area (Å²) in [6.45, 7) is 27.9. The average Bonchev–Trinajstić information content (AvgIpc) is 0.698. The fourth-order valence-electron chi connectivity index (χ4n) is 14.8. The van der Waals surface area contributed by atoms with E-state index in [0.717, 1.165) is 119 Å². The van der Waals surface area contributed by atoms with E-state index in [1.807, 2.05) is 0 Å². The second-order valence-electron chi connectivity index (χ2n) is 29.6. The molecule has 15 rings (SSSR count). The predicted molar refractivity (Wildman–Crippen MR) is 405 cm³/mol. The number of benzene rings is 12. The number of nitrogens with zero attached hydrogens (tertiary/aromatic N) is 7. The van der Waals surface area contributed by atoms with Crippen molar-refractivity contribution in [3.8, 4) is 0 Å². The fraction of sp³-hybridized carbons (Fsp3) is 0.182. The van der Waals surface area contributed by atoms with E-state index in [-0.39, 0.29) is 21.7 Å². The first-order chi connectivity index (χ1) is 45.7. The summed E-state index contributed by atoms with van der Waals surface area (Å²) in [5.74, 6) is 0. The summed E-state index contributed by atoms with van der Waals surface area (Å²) in [5, 5.41) is 0. The molecule has 3 aliphatic rings. The monoisotopic (exact) mass is 1240 g/mol. The first-order valence-electron chi connectivity index (χ1n) is 33.5. The molecule has 0 bridgehead atoms. The van der Waals surface area contributed by atoms with Gasteiger partial charge in [0, 0.05) is 51.2 Å². The lowest BCUT2D eigenvalue weighted by molar-refractivity contribution is 0.586. The molecule has 3 aliphatic heterocycles. The topological polar surface area (TPSA) is 22.7 Å². The van der Waals surface area contributed by atoms with Gasteiger partial charge in [-0.2, -0.15) is 0 Å². The Labute approximate surface area is 562 Å². The highest BCUT2D eigenvalue weighted by molar-refractivity contribution is 6.15. The zero-order chi connectivity index (χ0) is 65.7. The third kappa shape index (κ3) is 10.5. The largest absolute Gasteiger partial charge is 0.310 e. The Morgan fingerprint density at radius 2 is 0.463 bits per heavy atom. The maximum absolute atomic E-state index is 2.56. The Hall–Kier alpha value is -10.8. The van der Waals surface area contributed by atoms with Gasteiger partial charge in [-0.15, -0.1) is 0 Å². The van der Waals surface area contributed by atoms with Gasteiger partial charge in [-0.05, 0) is 177 Å². The SMILES string of the molecule is CC(C)(C)c1ccccc1N(c1ccc2c(c1)N(c1ccccc1)c1ccccc1N2c1ccc2c(c1)N1c3ccccc3N(c3ccccc3)c3cc(N(c4ccccc4C(C)(C)C)c4ccccc4C(C)(C)C)cc(c31)N2c1ccccc1)c1ccccc1C(C)(C)C. The normalized spacial score (nSPS) is 13.4. The molecule has 0 fully saturated rings. The van der Waals surface area contributed by atoms with Crippen molar-refractivity contribution in [1.29, 1.82) is 0 Å². The lowest BCUT2D eigenvalue weighted by Gasteiger charge is -2.48. The molecule has 0 aromatic heterocycles. The Balaban J connectivity index is 1.00. The molecule has 0 amide bonds. The number of hydrogen-bond donors (Lipinski definition) is 0. The van der Waals surface area contributed by atoms with Gasteiger partial charge in [-0.1, -0.05) is 235 Å². The summed E-state index contributed by atoms with van der Waals surface area (Å²) >= 11 is 0. The van der Waals surface area contributed by atoms with Gasteiger partial charge in [0.15, 0.2) is 0 Å². The van der Waals surface area contributed by atoms with Crippen LogP contribution in [0.15, 0.2) is 285 Å². The molecular weight excluding hydrogens is 1160 g/mol. The molecule has 0 N–H and O–H groups in total. The van der Waals surface area contributed by atoms with Crippen molar-refractivity contribution in [3.63, 3.8) is 0 Å². The van der Waals surface area contributed by atoms with Crippen LogP contribution in [0.5, 0.6) is 0 Å². The zero-order valence-electron chi connectivity index (χ0n) is 56.8. The Kier molecular flexibility index (Phi) is 14.7. The first-order valence-corrected chi connectivity index (χ1v) is 33.5. The molecule has 7 heteroatoms. The molecule has 7 nitrogen and oxygen atoms in total. The summed E-state index contributed by atoms with van der Waals surface area (Å²) in [6, 6.07) is 106. The minimum atomic E-state index is -0.180. The van der Waals surface area contributed by atoms with E-state index in [0.29, 0.717) is 0 Å². The van der Waals surface area contributed by atoms with Crippen molar-refractivity contribution in [1.82, 2.24) is 0 Å². The van der Waals surface area contributed by atoms with Crippen LogP contribution in [0.2, 0.25) is 0 Å². The minimum absolute atomic E-state index is 0.149. The van der Waals surface area contributed by atoms with Crippen LogP contribution in [0.1, 0.15) is 105 Å². The smallest absolute Gasteiger partial charge is 0.0949 e. The van der Waals surface area contributed by atoms with Crippen molar-refractivity contribution >= 4 is 119 Å². The highest BCUT2D eigenvalue weighted by Crippen LogP contribution is 2.66. The molecular formula is C88H83N7. The molecule has 12 aromatic carbocycles. The van der Waals surface area contributed by atoms with Crippen LogP contribution < -0.4 is 34.3 Å². The van der Waals surface area contributed by atoms with E-state index in [1.54, 1.807) is 0 Å². The summed E-state index contributed by atoms with van der Waals surface area (Å²) in [6.07, 6.45) is 0. The van der Waals surface area contributed by atoms with Crippen molar-refractivity contribution in [2.75, 3.05) is 34.3 Å². The van der Waals surface area contributed by atoms with Crippen LogP contribution in [0.25, 0.3) is 0 Å². The van der Waals surface area contributed by atoms with Crippen LogP contribution in [0.4, 0.5) is 119 Å². The second kappa shape index (κ2) is 23.1. The van der Waals surface area contributed by atoms with Crippen LogP contribution in [-0.2, 0) is 21.7 Å². The molecule has 12 aromatic rings. The third-order valence-electron chi connectivity index (χ3n) is 19.0. The molecule has 470 valence electrons.